The largest absolute Gasteiger partial charge is 0.465 e. The molecule has 0 fully saturated rings. The lowest BCUT2D eigenvalue weighted by Gasteiger charge is -2.38. The lowest BCUT2D eigenvalue weighted by Crippen LogP contribution is -2.48. The molecule has 2 aliphatic rings. The first-order valence-electron chi connectivity index (χ1n) is 9.36. The van der Waals surface area contributed by atoms with Crippen LogP contribution < -0.4 is 11.2 Å². The highest BCUT2D eigenvalue weighted by Crippen LogP contribution is 2.44. The van der Waals surface area contributed by atoms with Gasteiger partial charge in [0.1, 0.15) is 22.5 Å². The molecule has 0 aromatic carbocycles. The number of nitriles is 1. The number of nitrogens with zero attached hydrogens (tertiary/aromatic N) is 3. The number of hydrogen-bond acceptors (Lipinski definition) is 7. The number of Topliss-reactive ketones (excluding diaryl/α,β-unsaturated/α-hetero) is 1. The number of halogens is 1. The second-order valence-electron chi connectivity index (χ2n) is 7.05. The van der Waals surface area contributed by atoms with E-state index >= 15 is 0 Å². The number of allylic oxidation sites excluding steroid dienone is 3. The molecule has 1 atom stereocenters. The summed E-state index contributed by atoms with van der Waals surface area (Å²) >= 11 is 6.03. The van der Waals surface area contributed by atoms with Gasteiger partial charge in [-0.1, -0.05) is 11.6 Å². The van der Waals surface area contributed by atoms with Crippen LogP contribution in [0.3, 0.4) is 0 Å². The molecule has 30 heavy (non-hydrogen) atoms. The van der Waals surface area contributed by atoms with E-state index in [0.717, 1.165) is 0 Å². The molecule has 1 aliphatic carbocycles. The van der Waals surface area contributed by atoms with Gasteiger partial charge in [-0.05, 0) is 44.0 Å². The summed E-state index contributed by atoms with van der Waals surface area (Å²) in [5, 5.41) is 11.2. The Hall–Kier alpha value is -3.57. The number of hydrogen-bond donors (Lipinski definition) is 2. The van der Waals surface area contributed by atoms with Crippen LogP contribution in [0, 0.1) is 18.3 Å². The predicted octanol–water partition coefficient (Wildman–Crippen LogP) is 3.08. The van der Waals surface area contributed by atoms with E-state index in [0.29, 0.717) is 42.1 Å². The van der Waals surface area contributed by atoms with Gasteiger partial charge in [-0.3, -0.25) is 15.0 Å². The number of nitrogens with one attached hydrogen (secondary N) is 1. The Labute approximate surface area is 177 Å². The molecule has 2 aromatic rings. The van der Waals surface area contributed by atoms with Gasteiger partial charge < -0.3 is 10.2 Å². The molecule has 0 saturated heterocycles. The van der Waals surface area contributed by atoms with E-state index in [-0.39, 0.29) is 27.9 Å². The zero-order valence-corrected chi connectivity index (χ0v) is 16.9. The van der Waals surface area contributed by atoms with Crippen molar-refractivity contribution in [2.75, 3.05) is 0 Å². The average Bonchev–Trinajstić information content (AvgIpc) is 3.16. The first kappa shape index (κ1) is 19.7. The lowest BCUT2D eigenvalue weighted by molar-refractivity contribution is -0.116. The minimum Gasteiger partial charge on any atom is -0.465 e. The number of rotatable bonds is 3. The summed E-state index contributed by atoms with van der Waals surface area (Å²) in [6.07, 6.45) is 2.94. The van der Waals surface area contributed by atoms with Crippen LogP contribution in [0.1, 0.15) is 47.1 Å². The summed E-state index contributed by atoms with van der Waals surface area (Å²) < 4.78 is 5.74. The lowest BCUT2D eigenvalue weighted by atomic mass is 9.78. The third kappa shape index (κ3) is 3.23. The average molecular weight is 424 g/mol. The number of ketones is 1. The van der Waals surface area contributed by atoms with Crippen LogP contribution in [-0.4, -0.2) is 21.7 Å². The van der Waals surface area contributed by atoms with Crippen molar-refractivity contribution in [3.05, 3.63) is 75.4 Å². The number of aryl methyl sites for hydroxylation is 1. The van der Waals surface area contributed by atoms with Crippen LogP contribution in [0.25, 0.3) is 0 Å². The summed E-state index contributed by atoms with van der Waals surface area (Å²) in [7, 11) is 0. The molecule has 3 N–H and O–H groups in total. The van der Waals surface area contributed by atoms with Crippen molar-refractivity contribution in [2.24, 2.45) is 5.73 Å². The van der Waals surface area contributed by atoms with Crippen LogP contribution >= 0.6 is 11.6 Å². The molecule has 2 aromatic heterocycles. The Bertz CT molecular complexity index is 1160. The maximum absolute atomic E-state index is 12.9. The van der Waals surface area contributed by atoms with E-state index in [1.54, 1.807) is 25.1 Å². The zero-order chi connectivity index (χ0) is 21.4. The third-order valence-electron chi connectivity index (χ3n) is 5.18. The van der Waals surface area contributed by atoms with Crippen LogP contribution in [-0.2, 0) is 4.79 Å². The summed E-state index contributed by atoms with van der Waals surface area (Å²) in [5.41, 5.74) is 10.3. The number of carbonyl (C=O) groups excluding carboxylic acids is 2. The minimum atomic E-state index is -0.707. The van der Waals surface area contributed by atoms with Gasteiger partial charge in [0.05, 0.1) is 28.8 Å². The fourth-order valence-corrected chi connectivity index (χ4v) is 4.03. The quantitative estimate of drug-likeness (QED) is 0.726. The van der Waals surface area contributed by atoms with Crippen LogP contribution in [0.4, 0.5) is 0 Å². The van der Waals surface area contributed by atoms with Gasteiger partial charge in [0.15, 0.2) is 5.78 Å². The first-order chi connectivity index (χ1) is 14.4. The van der Waals surface area contributed by atoms with Crippen molar-refractivity contribution >= 4 is 23.3 Å². The molecular weight excluding hydrogens is 406 g/mol. The Morgan fingerprint density at radius 2 is 2.20 bits per heavy atom. The molecule has 9 heteroatoms. The third-order valence-corrected chi connectivity index (χ3v) is 5.48. The van der Waals surface area contributed by atoms with Gasteiger partial charge in [0, 0.05) is 18.2 Å². The molecule has 0 saturated carbocycles. The Balaban J connectivity index is 1.82. The Morgan fingerprint density at radius 3 is 2.87 bits per heavy atom. The van der Waals surface area contributed by atoms with Crippen molar-refractivity contribution in [3.8, 4) is 6.07 Å². The zero-order valence-electron chi connectivity index (χ0n) is 16.1. The van der Waals surface area contributed by atoms with Crippen LogP contribution in [0.15, 0.2) is 57.5 Å². The summed E-state index contributed by atoms with van der Waals surface area (Å²) in [6.45, 7) is 1.79. The molecule has 1 amide bonds. The number of nitrogens with two attached hydrogens (primary N) is 1. The highest BCUT2D eigenvalue weighted by molar-refractivity contribution is 6.32. The van der Waals surface area contributed by atoms with Gasteiger partial charge >= 0.3 is 0 Å². The normalized spacial score (nSPS) is 18.9. The number of hydrazine groups is 1. The van der Waals surface area contributed by atoms with Gasteiger partial charge in [0.2, 0.25) is 0 Å². The fourth-order valence-electron chi connectivity index (χ4n) is 3.82. The maximum Gasteiger partial charge on any atom is 0.273 e. The predicted molar refractivity (Wildman–Crippen MR) is 107 cm³/mol. The molecular formula is C21H18ClN5O3. The summed E-state index contributed by atoms with van der Waals surface area (Å²) in [6, 6.07) is 8.71. The number of amides is 1. The van der Waals surface area contributed by atoms with Crippen LogP contribution in [0.2, 0.25) is 5.15 Å². The molecule has 8 nitrogen and oxygen atoms in total. The van der Waals surface area contributed by atoms with Gasteiger partial charge in [0.25, 0.3) is 5.91 Å². The standard InChI is InChI=1S/C21H18ClN5O3/c1-11-7-8-16(30-11)17-13(10-23)20(24)27(14-5-2-6-15(28)18(14)17)26-21(29)12-4-3-9-25-19(12)22/h3-4,7-9,17H,2,5-6,24H2,1H3,(H,26,29). The number of aromatic nitrogens is 1. The smallest absolute Gasteiger partial charge is 0.273 e. The van der Waals surface area contributed by atoms with Crippen LogP contribution in [0.5, 0.6) is 0 Å². The van der Waals surface area contributed by atoms with E-state index in [2.05, 4.69) is 16.5 Å². The number of carbonyl (C=O) groups is 2. The molecule has 3 heterocycles. The Morgan fingerprint density at radius 1 is 1.40 bits per heavy atom. The number of furan rings is 1. The molecule has 1 aliphatic heterocycles. The second-order valence-corrected chi connectivity index (χ2v) is 7.41. The monoisotopic (exact) mass is 423 g/mol. The maximum atomic E-state index is 12.9. The molecule has 1 unspecified atom stereocenters. The highest BCUT2D eigenvalue weighted by Gasteiger charge is 2.42. The van der Waals surface area contributed by atoms with E-state index in [1.807, 2.05) is 0 Å². The van der Waals surface area contributed by atoms with Gasteiger partial charge in [-0.25, -0.2) is 9.99 Å². The molecule has 152 valence electrons. The van der Waals surface area contributed by atoms with E-state index < -0.39 is 11.8 Å². The summed E-state index contributed by atoms with van der Waals surface area (Å²) in [4.78, 5) is 29.6. The van der Waals surface area contributed by atoms with E-state index in [4.69, 9.17) is 21.8 Å². The SMILES string of the molecule is Cc1ccc(C2C(C#N)=C(N)N(NC(=O)c3cccnc3Cl)C3=C2C(=O)CCC3)o1. The van der Waals surface area contributed by atoms with Crippen molar-refractivity contribution in [1.29, 1.82) is 5.26 Å². The molecule has 4 rings (SSSR count). The first-order valence-corrected chi connectivity index (χ1v) is 9.74. The number of pyridine rings is 1. The van der Waals surface area contributed by atoms with Gasteiger partial charge in [-0.15, -0.1) is 0 Å². The van der Waals surface area contributed by atoms with E-state index in [1.165, 1.54) is 17.3 Å². The summed E-state index contributed by atoms with van der Waals surface area (Å²) in [5.74, 6) is -0.191. The van der Waals surface area contributed by atoms with Crippen molar-refractivity contribution in [2.45, 2.75) is 32.1 Å². The van der Waals surface area contributed by atoms with Crippen molar-refractivity contribution in [1.82, 2.24) is 15.4 Å². The van der Waals surface area contributed by atoms with Crippen molar-refractivity contribution in [3.63, 3.8) is 0 Å². The fraction of sp³-hybridized carbons (Fsp3) is 0.238. The van der Waals surface area contributed by atoms with Crippen molar-refractivity contribution < 1.29 is 14.0 Å². The van der Waals surface area contributed by atoms with Gasteiger partial charge in [-0.2, -0.15) is 5.26 Å². The molecule has 0 bridgehead atoms. The molecule has 0 spiro atoms. The molecule has 0 radical (unpaired) electrons. The Kier molecular flexibility index (Phi) is 5.06. The topological polar surface area (TPSA) is 125 Å². The minimum absolute atomic E-state index is 0.0351. The second kappa shape index (κ2) is 7.69. The van der Waals surface area contributed by atoms with E-state index in [9.17, 15) is 14.9 Å². The highest BCUT2D eigenvalue weighted by atomic mass is 35.5.